The van der Waals surface area contributed by atoms with E-state index in [1.165, 1.54) is 11.1 Å². The molecule has 1 aliphatic rings. The summed E-state index contributed by atoms with van der Waals surface area (Å²) < 4.78 is 0. The van der Waals surface area contributed by atoms with Crippen LogP contribution in [0.3, 0.4) is 0 Å². The number of benzene rings is 2. The van der Waals surface area contributed by atoms with Crippen LogP contribution in [0.15, 0.2) is 48.5 Å². The molecule has 1 aliphatic carbocycles. The van der Waals surface area contributed by atoms with Gasteiger partial charge in [-0.2, -0.15) is 0 Å². The van der Waals surface area contributed by atoms with Crippen molar-refractivity contribution < 1.29 is 10.2 Å². The van der Waals surface area contributed by atoms with Crippen LogP contribution in [0.1, 0.15) is 30.9 Å². The first-order chi connectivity index (χ1) is 9.16. The first-order valence-electron chi connectivity index (χ1n) is 6.76. The number of phenolic OH excluding ortho intramolecular Hbond substituents is 2. The molecular formula is C17H18O2. The van der Waals surface area contributed by atoms with Gasteiger partial charge in [-0.25, -0.2) is 0 Å². The lowest BCUT2D eigenvalue weighted by Gasteiger charge is -2.19. The second-order valence-electron chi connectivity index (χ2n) is 5.37. The molecule has 0 radical (unpaired) electrons. The van der Waals surface area contributed by atoms with Crippen LogP contribution in [0.5, 0.6) is 11.5 Å². The SMILES string of the molecule is CCC1CC1(c1ccc(O)cc1)c1ccc(O)cc1. The first kappa shape index (κ1) is 12.1. The third-order valence-corrected chi connectivity index (χ3v) is 4.36. The Bertz CT molecular complexity index is 524. The minimum Gasteiger partial charge on any atom is -0.508 e. The van der Waals surface area contributed by atoms with Gasteiger partial charge in [0.1, 0.15) is 11.5 Å². The van der Waals surface area contributed by atoms with E-state index in [-0.39, 0.29) is 5.41 Å². The van der Waals surface area contributed by atoms with Gasteiger partial charge in [0, 0.05) is 5.41 Å². The van der Waals surface area contributed by atoms with Crippen molar-refractivity contribution in [3.63, 3.8) is 0 Å². The summed E-state index contributed by atoms with van der Waals surface area (Å²) in [4.78, 5) is 0. The van der Waals surface area contributed by atoms with Gasteiger partial charge in [0.15, 0.2) is 0 Å². The number of aromatic hydroxyl groups is 2. The van der Waals surface area contributed by atoms with E-state index in [0.29, 0.717) is 17.4 Å². The molecule has 2 nitrogen and oxygen atoms in total. The number of hydrogen-bond donors (Lipinski definition) is 2. The quantitative estimate of drug-likeness (QED) is 0.874. The fourth-order valence-corrected chi connectivity index (χ4v) is 3.21. The van der Waals surface area contributed by atoms with Gasteiger partial charge in [0.25, 0.3) is 0 Å². The maximum Gasteiger partial charge on any atom is 0.115 e. The van der Waals surface area contributed by atoms with E-state index in [2.05, 4.69) is 6.92 Å². The molecule has 0 saturated heterocycles. The van der Waals surface area contributed by atoms with Gasteiger partial charge in [0.05, 0.1) is 0 Å². The molecule has 2 aromatic rings. The van der Waals surface area contributed by atoms with Gasteiger partial charge < -0.3 is 10.2 Å². The Morgan fingerprint density at radius 3 is 1.63 bits per heavy atom. The van der Waals surface area contributed by atoms with Gasteiger partial charge in [-0.05, 0) is 47.7 Å². The molecule has 0 heterocycles. The number of rotatable bonds is 3. The molecule has 3 rings (SSSR count). The standard InChI is InChI=1S/C17H18O2/c1-2-12-11-17(12,13-3-7-15(18)8-4-13)14-5-9-16(19)10-6-14/h3-10,12,18-19H,2,11H2,1H3. The first-order valence-corrected chi connectivity index (χ1v) is 6.76. The second-order valence-corrected chi connectivity index (χ2v) is 5.37. The molecule has 0 bridgehead atoms. The Kier molecular flexibility index (Phi) is 2.74. The van der Waals surface area contributed by atoms with Crippen LogP contribution < -0.4 is 0 Å². The highest BCUT2D eigenvalue weighted by atomic mass is 16.3. The Morgan fingerprint density at radius 1 is 0.895 bits per heavy atom. The fourth-order valence-electron chi connectivity index (χ4n) is 3.21. The topological polar surface area (TPSA) is 40.5 Å². The molecule has 1 fully saturated rings. The third-order valence-electron chi connectivity index (χ3n) is 4.36. The predicted octanol–water partition coefficient (Wildman–Crippen LogP) is 3.81. The molecule has 0 spiro atoms. The van der Waals surface area contributed by atoms with Crippen LogP contribution in [-0.2, 0) is 5.41 Å². The zero-order valence-corrected chi connectivity index (χ0v) is 11.0. The molecule has 1 atom stereocenters. The number of phenols is 2. The Hall–Kier alpha value is -1.96. The molecule has 2 aromatic carbocycles. The van der Waals surface area contributed by atoms with Crippen LogP contribution >= 0.6 is 0 Å². The molecule has 19 heavy (non-hydrogen) atoms. The largest absolute Gasteiger partial charge is 0.508 e. The molecule has 0 aromatic heterocycles. The van der Waals surface area contributed by atoms with Crippen LogP contribution in [0.4, 0.5) is 0 Å². The molecule has 2 heteroatoms. The molecular weight excluding hydrogens is 236 g/mol. The van der Waals surface area contributed by atoms with E-state index in [1.54, 1.807) is 24.3 Å². The van der Waals surface area contributed by atoms with Crippen molar-refractivity contribution in [2.24, 2.45) is 5.92 Å². The normalized spacial score (nSPS) is 20.2. The summed E-state index contributed by atoms with van der Waals surface area (Å²) in [6.45, 7) is 2.22. The van der Waals surface area contributed by atoms with E-state index in [9.17, 15) is 10.2 Å². The number of hydrogen-bond acceptors (Lipinski definition) is 2. The van der Waals surface area contributed by atoms with Crippen molar-refractivity contribution in [2.75, 3.05) is 0 Å². The molecule has 98 valence electrons. The van der Waals surface area contributed by atoms with E-state index in [0.717, 1.165) is 12.8 Å². The maximum atomic E-state index is 9.44. The lowest BCUT2D eigenvalue weighted by Crippen LogP contribution is -2.11. The van der Waals surface area contributed by atoms with Gasteiger partial charge >= 0.3 is 0 Å². The Morgan fingerprint density at radius 2 is 1.32 bits per heavy atom. The molecule has 0 amide bonds. The average molecular weight is 254 g/mol. The third kappa shape index (κ3) is 1.88. The predicted molar refractivity (Wildman–Crippen MR) is 75.4 cm³/mol. The lowest BCUT2D eigenvalue weighted by atomic mass is 9.85. The van der Waals surface area contributed by atoms with Gasteiger partial charge in [-0.1, -0.05) is 37.6 Å². The van der Waals surface area contributed by atoms with E-state index in [4.69, 9.17) is 0 Å². The Labute approximate surface area is 113 Å². The van der Waals surface area contributed by atoms with Gasteiger partial charge in [-0.15, -0.1) is 0 Å². The van der Waals surface area contributed by atoms with Crippen LogP contribution in [0.2, 0.25) is 0 Å². The second kappa shape index (κ2) is 4.30. The van der Waals surface area contributed by atoms with E-state index in [1.807, 2.05) is 24.3 Å². The minimum atomic E-state index is 0.0656. The van der Waals surface area contributed by atoms with Crippen molar-refractivity contribution in [1.29, 1.82) is 0 Å². The minimum absolute atomic E-state index is 0.0656. The summed E-state index contributed by atoms with van der Waals surface area (Å²) >= 11 is 0. The smallest absolute Gasteiger partial charge is 0.115 e. The summed E-state index contributed by atoms with van der Waals surface area (Å²) in [6.07, 6.45) is 2.28. The van der Waals surface area contributed by atoms with Crippen molar-refractivity contribution in [2.45, 2.75) is 25.2 Å². The van der Waals surface area contributed by atoms with Gasteiger partial charge in [-0.3, -0.25) is 0 Å². The zero-order valence-electron chi connectivity index (χ0n) is 11.0. The summed E-state index contributed by atoms with van der Waals surface area (Å²) in [5.74, 6) is 1.25. The van der Waals surface area contributed by atoms with Crippen LogP contribution in [0, 0.1) is 5.92 Å². The lowest BCUT2D eigenvalue weighted by molar-refractivity contribution is 0.474. The summed E-state index contributed by atoms with van der Waals surface area (Å²) in [5, 5.41) is 18.9. The zero-order chi connectivity index (χ0) is 13.5. The summed E-state index contributed by atoms with van der Waals surface area (Å²) in [5.41, 5.74) is 2.57. The molecule has 0 aliphatic heterocycles. The van der Waals surface area contributed by atoms with E-state index >= 15 is 0 Å². The monoisotopic (exact) mass is 254 g/mol. The van der Waals surface area contributed by atoms with Crippen molar-refractivity contribution in [1.82, 2.24) is 0 Å². The summed E-state index contributed by atoms with van der Waals surface area (Å²) in [6, 6.07) is 15.1. The van der Waals surface area contributed by atoms with Gasteiger partial charge in [0.2, 0.25) is 0 Å². The van der Waals surface area contributed by atoms with Crippen LogP contribution in [0.25, 0.3) is 0 Å². The fraction of sp³-hybridized carbons (Fsp3) is 0.294. The maximum absolute atomic E-state index is 9.44. The van der Waals surface area contributed by atoms with Crippen molar-refractivity contribution in [3.05, 3.63) is 59.7 Å². The van der Waals surface area contributed by atoms with Crippen molar-refractivity contribution in [3.8, 4) is 11.5 Å². The van der Waals surface area contributed by atoms with Crippen LogP contribution in [-0.4, -0.2) is 10.2 Å². The molecule has 1 unspecified atom stereocenters. The van der Waals surface area contributed by atoms with E-state index < -0.39 is 0 Å². The highest BCUT2D eigenvalue weighted by Crippen LogP contribution is 2.60. The molecule has 1 saturated carbocycles. The molecule has 2 N–H and O–H groups in total. The average Bonchev–Trinajstić information content (AvgIpc) is 3.16. The highest BCUT2D eigenvalue weighted by Gasteiger charge is 2.54. The van der Waals surface area contributed by atoms with Crippen molar-refractivity contribution >= 4 is 0 Å². The highest BCUT2D eigenvalue weighted by molar-refractivity contribution is 5.49. The Balaban J connectivity index is 2.05. The summed E-state index contributed by atoms with van der Waals surface area (Å²) in [7, 11) is 0.